The quantitative estimate of drug-likeness (QED) is 0.892. The minimum Gasteiger partial charge on any atom is -0.489 e. The van der Waals surface area contributed by atoms with Crippen molar-refractivity contribution >= 4 is 17.8 Å². The summed E-state index contributed by atoms with van der Waals surface area (Å²) in [6.45, 7) is 2.83. The molecule has 2 N–H and O–H groups in total. The Kier molecular flexibility index (Phi) is 4.02. The Labute approximate surface area is 134 Å². The predicted octanol–water partition coefficient (Wildman–Crippen LogP) is 2.26. The van der Waals surface area contributed by atoms with E-state index in [4.69, 9.17) is 4.74 Å². The molecular formula is C18H17NO4. The van der Waals surface area contributed by atoms with Gasteiger partial charge in [-0.1, -0.05) is 24.3 Å². The molecular weight excluding hydrogens is 294 g/mol. The molecule has 0 bridgehead atoms. The van der Waals surface area contributed by atoms with E-state index in [0.29, 0.717) is 30.2 Å². The average molecular weight is 311 g/mol. The van der Waals surface area contributed by atoms with Crippen LogP contribution in [0.2, 0.25) is 0 Å². The highest BCUT2D eigenvalue weighted by Crippen LogP contribution is 2.39. The third-order valence-electron chi connectivity index (χ3n) is 3.88. The standard InChI is InChI=1S/C18H17NO4/c1-2-19-16-13(18(21)22)8-9-14(20)15(16)12-7-3-5-11-6-4-10-23-17(11)12/h3-9,15,19H,2,10H2,1H3,(H,21,22). The number of hydrogen-bond donors (Lipinski definition) is 2. The molecule has 118 valence electrons. The molecule has 0 saturated heterocycles. The monoisotopic (exact) mass is 311 g/mol. The third kappa shape index (κ3) is 2.65. The van der Waals surface area contributed by atoms with Gasteiger partial charge in [0.25, 0.3) is 0 Å². The first-order valence-electron chi connectivity index (χ1n) is 7.49. The number of carboxylic acids is 1. The minimum atomic E-state index is -1.06. The molecule has 0 saturated carbocycles. The zero-order valence-corrected chi connectivity index (χ0v) is 12.7. The number of ketones is 1. The van der Waals surface area contributed by atoms with E-state index in [1.165, 1.54) is 12.2 Å². The van der Waals surface area contributed by atoms with Crippen LogP contribution in [0.15, 0.2) is 47.7 Å². The number of allylic oxidation sites excluding steroid dienone is 2. The summed E-state index contributed by atoms with van der Waals surface area (Å²) in [5, 5.41) is 12.5. The molecule has 1 unspecified atom stereocenters. The number of benzene rings is 1. The largest absolute Gasteiger partial charge is 0.489 e. The molecule has 0 amide bonds. The van der Waals surface area contributed by atoms with Crippen LogP contribution in [-0.4, -0.2) is 30.0 Å². The van der Waals surface area contributed by atoms with E-state index < -0.39 is 11.9 Å². The van der Waals surface area contributed by atoms with Gasteiger partial charge < -0.3 is 15.2 Å². The van der Waals surface area contributed by atoms with Gasteiger partial charge in [-0.25, -0.2) is 4.79 Å². The summed E-state index contributed by atoms with van der Waals surface area (Å²) in [6, 6.07) is 5.58. The van der Waals surface area contributed by atoms with E-state index in [-0.39, 0.29) is 11.4 Å². The average Bonchev–Trinajstić information content (AvgIpc) is 2.55. The molecule has 5 nitrogen and oxygen atoms in total. The van der Waals surface area contributed by atoms with Crippen molar-refractivity contribution in [1.82, 2.24) is 5.32 Å². The lowest BCUT2D eigenvalue weighted by Crippen LogP contribution is -2.30. The first kappa shape index (κ1) is 15.1. The fraction of sp³-hybridized carbons (Fsp3) is 0.222. The SMILES string of the molecule is CCNC1=C(C(=O)O)C=CC(=O)C1c1cccc2c1OCC=C2. The molecule has 23 heavy (non-hydrogen) atoms. The maximum absolute atomic E-state index is 12.5. The van der Waals surface area contributed by atoms with Crippen molar-refractivity contribution in [2.24, 2.45) is 0 Å². The number of hydrogen-bond acceptors (Lipinski definition) is 4. The number of ether oxygens (including phenoxy) is 1. The van der Waals surface area contributed by atoms with E-state index >= 15 is 0 Å². The Bertz CT molecular complexity index is 758. The summed E-state index contributed by atoms with van der Waals surface area (Å²) in [7, 11) is 0. The van der Waals surface area contributed by atoms with Gasteiger partial charge in [0.15, 0.2) is 5.78 Å². The number of nitrogens with one attached hydrogen (secondary N) is 1. The maximum atomic E-state index is 12.5. The number of para-hydroxylation sites is 1. The van der Waals surface area contributed by atoms with Crippen LogP contribution in [0.25, 0.3) is 6.08 Å². The van der Waals surface area contributed by atoms with Crippen molar-refractivity contribution in [1.29, 1.82) is 0 Å². The molecule has 0 aromatic heterocycles. The zero-order valence-electron chi connectivity index (χ0n) is 12.7. The predicted molar refractivity (Wildman–Crippen MR) is 86.2 cm³/mol. The van der Waals surface area contributed by atoms with Crippen LogP contribution >= 0.6 is 0 Å². The molecule has 1 aromatic rings. The van der Waals surface area contributed by atoms with Crippen molar-refractivity contribution in [3.63, 3.8) is 0 Å². The van der Waals surface area contributed by atoms with Crippen molar-refractivity contribution in [2.45, 2.75) is 12.8 Å². The smallest absolute Gasteiger partial charge is 0.337 e. The summed E-state index contributed by atoms with van der Waals surface area (Å²) in [5.74, 6) is -1.26. The van der Waals surface area contributed by atoms with Crippen molar-refractivity contribution in [3.8, 4) is 5.75 Å². The number of likely N-dealkylation sites (N-methyl/N-ethyl adjacent to an activating group) is 1. The lowest BCUT2D eigenvalue weighted by molar-refractivity contribution is -0.132. The topological polar surface area (TPSA) is 75.6 Å². The lowest BCUT2D eigenvalue weighted by atomic mass is 9.83. The van der Waals surface area contributed by atoms with Gasteiger partial charge in [0.1, 0.15) is 12.4 Å². The Morgan fingerprint density at radius 3 is 2.91 bits per heavy atom. The van der Waals surface area contributed by atoms with Crippen molar-refractivity contribution in [2.75, 3.05) is 13.2 Å². The number of aliphatic carboxylic acids is 1. The van der Waals surface area contributed by atoms with Gasteiger partial charge in [-0.2, -0.15) is 0 Å². The molecule has 0 spiro atoms. The number of carboxylic acid groups (broad SMARTS) is 1. The lowest BCUT2D eigenvalue weighted by Gasteiger charge is -2.27. The third-order valence-corrected chi connectivity index (χ3v) is 3.88. The second-order valence-corrected chi connectivity index (χ2v) is 5.31. The molecule has 1 atom stereocenters. The Hall–Kier alpha value is -2.82. The normalized spacial score (nSPS) is 19.3. The summed E-state index contributed by atoms with van der Waals surface area (Å²) >= 11 is 0. The first-order valence-corrected chi connectivity index (χ1v) is 7.49. The summed E-state index contributed by atoms with van der Waals surface area (Å²) in [5.41, 5.74) is 2.11. The molecule has 3 rings (SSSR count). The number of fused-ring (bicyclic) bond motifs is 1. The molecule has 0 radical (unpaired) electrons. The van der Waals surface area contributed by atoms with Crippen LogP contribution in [0.1, 0.15) is 24.0 Å². The van der Waals surface area contributed by atoms with E-state index in [1.807, 2.05) is 37.3 Å². The molecule has 2 aliphatic rings. The highest BCUT2D eigenvalue weighted by atomic mass is 16.5. The summed E-state index contributed by atoms with van der Waals surface area (Å²) in [6.07, 6.45) is 6.53. The van der Waals surface area contributed by atoms with Crippen LogP contribution in [0, 0.1) is 0 Å². The first-order chi connectivity index (χ1) is 11.1. The van der Waals surface area contributed by atoms with Crippen molar-refractivity contribution in [3.05, 3.63) is 58.8 Å². The van der Waals surface area contributed by atoms with E-state index in [9.17, 15) is 14.7 Å². The highest BCUT2D eigenvalue weighted by Gasteiger charge is 2.33. The van der Waals surface area contributed by atoms with Gasteiger partial charge >= 0.3 is 5.97 Å². The van der Waals surface area contributed by atoms with E-state index in [0.717, 1.165) is 5.56 Å². The van der Waals surface area contributed by atoms with E-state index in [1.54, 1.807) is 0 Å². The Balaban J connectivity index is 2.17. The second kappa shape index (κ2) is 6.12. The van der Waals surface area contributed by atoms with Gasteiger partial charge in [0, 0.05) is 23.4 Å². The van der Waals surface area contributed by atoms with Crippen LogP contribution in [0.4, 0.5) is 0 Å². The molecule has 5 heteroatoms. The molecule has 1 aliphatic heterocycles. The highest BCUT2D eigenvalue weighted by molar-refractivity contribution is 6.05. The van der Waals surface area contributed by atoms with E-state index in [2.05, 4.69) is 5.32 Å². The van der Waals surface area contributed by atoms with Gasteiger partial charge in [-0.15, -0.1) is 0 Å². The number of carbonyl (C=O) groups excluding carboxylic acids is 1. The summed E-state index contributed by atoms with van der Waals surface area (Å²) < 4.78 is 5.72. The summed E-state index contributed by atoms with van der Waals surface area (Å²) in [4.78, 5) is 24.0. The van der Waals surface area contributed by atoms with Crippen molar-refractivity contribution < 1.29 is 19.4 Å². The Morgan fingerprint density at radius 2 is 2.17 bits per heavy atom. The molecule has 1 aromatic carbocycles. The van der Waals surface area contributed by atoms with Crippen LogP contribution < -0.4 is 10.1 Å². The van der Waals surface area contributed by atoms with Crippen LogP contribution in [0.3, 0.4) is 0 Å². The Morgan fingerprint density at radius 1 is 1.35 bits per heavy atom. The number of carbonyl (C=O) groups is 2. The van der Waals surface area contributed by atoms with Gasteiger partial charge in [0.05, 0.1) is 11.5 Å². The fourth-order valence-corrected chi connectivity index (χ4v) is 2.94. The van der Waals surface area contributed by atoms with Crippen LogP contribution in [0.5, 0.6) is 5.75 Å². The fourth-order valence-electron chi connectivity index (χ4n) is 2.94. The van der Waals surface area contributed by atoms with Gasteiger partial charge in [-0.05, 0) is 25.2 Å². The van der Waals surface area contributed by atoms with Gasteiger partial charge in [-0.3, -0.25) is 4.79 Å². The number of rotatable bonds is 4. The maximum Gasteiger partial charge on any atom is 0.337 e. The minimum absolute atomic E-state index is 0.111. The van der Waals surface area contributed by atoms with Crippen LogP contribution in [-0.2, 0) is 9.59 Å². The second-order valence-electron chi connectivity index (χ2n) is 5.31. The van der Waals surface area contributed by atoms with Gasteiger partial charge in [0.2, 0.25) is 0 Å². The molecule has 1 heterocycles. The molecule has 1 aliphatic carbocycles. The molecule has 0 fully saturated rings. The zero-order chi connectivity index (χ0) is 16.4.